The fourth-order valence-corrected chi connectivity index (χ4v) is 3.92. The van der Waals surface area contributed by atoms with Gasteiger partial charge in [-0.15, -0.1) is 0 Å². The predicted molar refractivity (Wildman–Crippen MR) is 117 cm³/mol. The maximum atomic E-state index is 13.3. The maximum absolute atomic E-state index is 13.3. The second-order valence-electron chi connectivity index (χ2n) is 8.19. The first-order valence-electron chi connectivity index (χ1n) is 10.9. The smallest absolute Gasteiger partial charge is 0.251 e. The van der Waals surface area contributed by atoms with Gasteiger partial charge in [-0.2, -0.15) is 0 Å². The van der Waals surface area contributed by atoms with Crippen LogP contribution in [0.4, 0.5) is 0 Å². The molecule has 166 valence electrons. The normalized spacial score (nSPS) is 15.8. The summed E-state index contributed by atoms with van der Waals surface area (Å²) in [7, 11) is 0. The maximum Gasteiger partial charge on any atom is 0.251 e. The van der Waals surface area contributed by atoms with Crippen LogP contribution in [0.25, 0.3) is 0 Å². The third-order valence-electron chi connectivity index (χ3n) is 6.09. The number of benzene rings is 1. The molecule has 1 atom stereocenters. The van der Waals surface area contributed by atoms with E-state index in [2.05, 4.69) is 10.6 Å². The Morgan fingerprint density at radius 2 is 1.81 bits per heavy atom. The molecular formula is C24H31N3O4. The largest absolute Gasteiger partial charge is 0.467 e. The Labute approximate surface area is 183 Å². The summed E-state index contributed by atoms with van der Waals surface area (Å²) in [5.74, 6) is -0.264. The quantitative estimate of drug-likeness (QED) is 0.645. The van der Waals surface area contributed by atoms with Crippen molar-refractivity contribution in [2.45, 2.75) is 64.1 Å². The summed E-state index contributed by atoms with van der Waals surface area (Å²) >= 11 is 0. The van der Waals surface area contributed by atoms with Gasteiger partial charge in [-0.05, 0) is 50.5 Å². The van der Waals surface area contributed by atoms with E-state index in [1.54, 1.807) is 43.3 Å². The van der Waals surface area contributed by atoms with Crippen LogP contribution in [0.5, 0.6) is 0 Å². The van der Waals surface area contributed by atoms with Gasteiger partial charge in [0.25, 0.3) is 5.91 Å². The van der Waals surface area contributed by atoms with Gasteiger partial charge in [-0.3, -0.25) is 14.4 Å². The van der Waals surface area contributed by atoms with Crippen molar-refractivity contribution >= 4 is 17.7 Å². The molecule has 0 saturated heterocycles. The van der Waals surface area contributed by atoms with Crippen molar-refractivity contribution < 1.29 is 18.8 Å². The SMILES string of the molecule is CC[C@@](C)(C(=O)NC1CCCC1)N(Cc1ccco1)C(=O)CNC(=O)c1ccccc1. The molecule has 1 aliphatic rings. The van der Waals surface area contributed by atoms with Crippen molar-refractivity contribution in [3.8, 4) is 0 Å². The van der Waals surface area contributed by atoms with Crippen LogP contribution in [0.3, 0.4) is 0 Å². The van der Waals surface area contributed by atoms with Crippen molar-refractivity contribution in [1.82, 2.24) is 15.5 Å². The Balaban J connectivity index is 1.75. The van der Waals surface area contributed by atoms with Crippen LogP contribution in [-0.4, -0.2) is 40.7 Å². The first-order chi connectivity index (χ1) is 14.9. The van der Waals surface area contributed by atoms with Gasteiger partial charge in [0.15, 0.2) is 0 Å². The molecule has 0 unspecified atom stereocenters. The molecule has 7 nitrogen and oxygen atoms in total. The standard InChI is InChI=1S/C24H31N3O4/c1-3-24(2,23(30)26-19-12-7-8-13-19)27(17-20-14-9-15-31-20)21(28)16-25-22(29)18-10-5-4-6-11-18/h4-6,9-11,14-15,19H,3,7-8,12-13,16-17H2,1-2H3,(H,25,29)(H,26,30)/t24-/m0/s1. The highest BCUT2D eigenvalue weighted by Gasteiger charge is 2.42. The molecule has 7 heteroatoms. The van der Waals surface area contributed by atoms with E-state index in [1.165, 1.54) is 11.2 Å². The fourth-order valence-electron chi connectivity index (χ4n) is 3.92. The van der Waals surface area contributed by atoms with Gasteiger partial charge >= 0.3 is 0 Å². The number of hydrogen-bond acceptors (Lipinski definition) is 4. The molecular weight excluding hydrogens is 394 g/mol. The summed E-state index contributed by atoms with van der Waals surface area (Å²) in [6.45, 7) is 3.60. The van der Waals surface area contributed by atoms with Gasteiger partial charge in [0.2, 0.25) is 11.8 Å². The Bertz CT molecular complexity index is 875. The van der Waals surface area contributed by atoms with Crippen molar-refractivity contribution in [2.75, 3.05) is 6.54 Å². The Morgan fingerprint density at radius 1 is 1.10 bits per heavy atom. The minimum Gasteiger partial charge on any atom is -0.467 e. The molecule has 1 aromatic heterocycles. The lowest BCUT2D eigenvalue weighted by molar-refractivity contribution is -0.148. The Kier molecular flexibility index (Phi) is 7.50. The van der Waals surface area contributed by atoms with E-state index in [1.807, 2.05) is 13.0 Å². The average Bonchev–Trinajstić information content (AvgIpc) is 3.50. The number of nitrogens with zero attached hydrogens (tertiary/aromatic N) is 1. The zero-order chi connectivity index (χ0) is 22.3. The molecule has 0 spiro atoms. The van der Waals surface area contributed by atoms with Crippen molar-refractivity contribution in [2.24, 2.45) is 0 Å². The Hall–Kier alpha value is -3.09. The lowest BCUT2D eigenvalue weighted by Crippen LogP contribution is -2.60. The number of amides is 3. The van der Waals surface area contributed by atoms with E-state index in [4.69, 9.17) is 4.42 Å². The van der Waals surface area contributed by atoms with Gasteiger partial charge in [-0.1, -0.05) is 38.0 Å². The van der Waals surface area contributed by atoms with Crippen LogP contribution in [0.15, 0.2) is 53.1 Å². The highest BCUT2D eigenvalue weighted by Crippen LogP contribution is 2.25. The summed E-state index contributed by atoms with van der Waals surface area (Å²) in [4.78, 5) is 40.4. The zero-order valence-corrected chi connectivity index (χ0v) is 18.2. The molecule has 1 aromatic carbocycles. The van der Waals surface area contributed by atoms with E-state index < -0.39 is 5.54 Å². The molecule has 0 radical (unpaired) electrons. The number of nitrogens with one attached hydrogen (secondary N) is 2. The van der Waals surface area contributed by atoms with Crippen LogP contribution in [0.2, 0.25) is 0 Å². The minimum atomic E-state index is -1.07. The molecule has 31 heavy (non-hydrogen) atoms. The summed E-state index contributed by atoms with van der Waals surface area (Å²) < 4.78 is 5.45. The lowest BCUT2D eigenvalue weighted by atomic mass is 9.93. The van der Waals surface area contributed by atoms with Crippen molar-refractivity contribution in [3.63, 3.8) is 0 Å². The Morgan fingerprint density at radius 3 is 2.42 bits per heavy atom. The van der Waals surface area contributed by atoms with Crippen LogP contribution in [0, 0.1) is 0 Å². The number of rotatable bonds is 9. The van der Waals surface area contributed by atoms with Gasteiger partial charge < -0.3 is 20.0 Å². The molecule has 1 saturated carbocycles. The van der Waals surface area contributed by atoms with Crippen LogP contribution < -0.4 is 10.6 Å². The molecule has 3 amide bonds. The summed E-state index contributed by atoms with van der Waals surface area (Å²) in [5.41, 5.74) is -0.589. The topological polar surface area (TPSA) is 91.7 Å². The van der Waals surface area contributed by atoms with E-state index in [0.29, 0.717) is 17.7 Å². The third kappa shape index (κ3) is 5.54. The number of hydrogen-bond donors (Lipinski definition) is 2. The third-order valence-corrected chi connectivity index (χ3v) is 6.09. The molecule has 3 rings (SSSR count). The molecule has 2 aromatic rings. The highest BCUT2D eigenvalue weighted by molar-refractivity contribution is 5.97. The van der Waals surface area contributed by atoms with Gasteiger partial charge in [-0.25, -0.2) is 0 Å². The van der Waals surface area contributed by atoms with Gasteiger partial charge in [0, 0.05) is 11.6 Å². The van der Waals surface area contributed by atoms with E-state index in [-0.39, 0.29) is 36.9 Å². The fraction of sp³-hybridized carbons (Fsp3) is 0.458. The van der Waals surface area contributed by atoms with E-state index in [9.17, 15) is 14.4 Å². The zero-order valence-electron chi connectivity index (χ0n) is 18.2. The predicted octanol–water partition coefficient (Wildman–Crippen LogP) is 3.27. The van der Waals surface area contributed by atoms with Gasteiger partial charge in [0.05, 0.1) is 19.4 Å². The first kappa shape index (κ1) is 22.6. The summed E-state index contributed by atoms with van der Waals surface area (Å²) in [6, 6.07) is 12.4. The van der Waals surface area contributed by atoms with E-state index >= 15 is 0 Å². The first-order valence-corrected chi connectivity index (χ1v) is 10.9. The number of carbonyl (C=O) groups excluding carboxylic acids is 3. The minimum absolute atomic E-state index is 0.148. The molecule has 0 bridgehead atoms. The average molecular weight is 426 g/mol. The lowest BCUT2D eigenvalue weighted by Gasteiger charge is -2.40. The van der Waals surface area contributed by atoms with Crippen molar-refractivity contribution in [1.29, 1.82) is 0 Å². The van der Waals surface area contributed by atoms with Crippen LogP contribution in [0.1, 0.15) is 62.1 Å². The second-order valence-corrected chi connectivity index (χ2v) is 8.19. The molecule has 2 N–H and O–H groups in total. The van der Waals surface area contributed by atoms with Crippen molar-refractivity contribution in [3.05, 3.63) is 60.1 Å². The van der Waals surface area contributed by atoms with Crippen LogP contribution >= 0.6 is 0 Å². The highest BCUT2D eigenvalue weighted by atomic mass is 16.3. The molecule has 0 aliphatic heterocycles. The van der Waals surface area contributed by atoms with Gasteiger partial charge in [0.1, 0.15) is 11.3 Å². The number of furan rings is 1. The van der Waals surface area contributed by atoms with E-state index in [0.717, 1.165) is 25.7 Å². The summed E-state index contributed by atoms with van der Waals surface area (Å²) in [5, 5.41) is 5.80. The molecule has 1 aliphatic carbocycles. The second kappa shape index (κ2) is 10.3. The summed E-state index contributed by atoms with van der Waals surface area (Å²) in [6.07, 6.45) is 6.11. The van der Waals surface area contributed by atoms with Crippen LogP contribution in [-0.2, 0) is 16.1 Å². The molecule has 1 fully saturated rings. The number of carbonyl (C=O) groups is 3. The molecule has 1 heterocycles. The monoisotopic (exact) mass is 425 g/mol.